The highest BCUT2D eigenvalue weighted by atomic mass is 32.2. The fraction of sp³-hybridized carbons (Fsp3) is 0.370. The average Bonchev–Trinajstić information content (AvgIpc) is 2.94. The molecule has 11 nitrogen and oxygen atoms in total. The highest BCUT2D eigenvalue weighted by molar-refractivity contribution is 7.91. The number of hydrogen-bond donors (Lipinski definition) is 3. The number of ether oxygens (including phenoxy) is 1. The van der Waals surface area contributed by atoms with E-state index < -0.39 is 15.7 Å². The normalized spacial score (nSPS) is 18.8. The minimum Gasteiger partial charge on any atom is -0.497 e. The molecular formula is C27H33N7O4S. The van der Waals surface area contributed by atoms with Crippen LogP contribution >= 0.6 is 0 Å². The van der Waals surface area contributed by atoms with Crippen molar-refractivity contribution in [3.05, 3.63) is 60.4 Å². The molecular weight excluding hydrogens is 518 g/mol. The minimum absolute atomic E-state index is 0.0639. The molecule has 3 aromatic rings. The van der Waals surface area contributed by atoms with Crippen LogP contribution in [0.3, 0.4) is 0 Å². The third-order valence-corrected chi connectivity index (χ3v) is 8.65. The number of primary amides is 1. The summed E-state index contributed by atoms with van der Waals surface area (Å²) in [5, 5.41) is 6.78. The number of nitrogens with zero attached hydrogens (tertiary/aromatic N) is 4. The Morgan fingerprint density at radius 1 is 1.00 bits per heavy atom. The van der Waals surface area contributed by atoms with E-state index in [9.17, 15) is 13.2 Å². The van der Waals surface area contributed by atoms with Gasteiger partial charge in [0.1, 0.15) is 11.6 Å². The molecule has 2 aliphatic rings. The van der Waals surface area contributed by atoms with Gasteiger partial charge in [0.05, 0.1) is 24.8 Å². The van der Waals surface area contributed by atoms with E-state index in [2.05, 4.69) is 20.5 Å². The molecule has 0 radical (unpaired) electrons. The van der Waals surface area contributed by atoms with E-state index in [0.29, 0.717) is 24.7 Å². The number of hydrogen-bond acceptors (Lipinski definition) is 10. The number of methoxy groups -OCH3 is 1. The number of aromatic nitrogens is 2. The molecule has 2 aromatic carbocycles. The third-order valence-electron chi connectivity index (χ3n) is 7.04. The molecule has 4 N–H and O–H groups in total. The van der Waals surface area contributed by atoms with Gasteiger partial charge in [0.2, 0.25) is 0 Å². The second-order valence-corrected chi connectivity index (χ2v) is 12.1. The Bertz CT molecular complexity index is 1400. The summed E-state index contributed by atoms with van der Waals surface area (Å²) < 4.78 is 28.7. The topological polar surface area (TPSA) is 143 Å². The Hall–Kier alpha value is -4.06. The molecule has 0 spiro atoms. The SMILES string of the molecule is COc1ccc(NC2CCCN(c3cnc(C(N)=O)c(Nc4ccc(N5CCS(=O)(=O)CC5)cc4)n3)C2)cc1. The summed E-state index contributed by atoms with van der Waals surface area (Å²) in [6.07, 6.45) is 3.60. The Labute approximate surface area is 228 Å². The average molecular weight is 552 g/mol. The van der Waals surface area contributed by atoms with Gasteiger partial charge >= 0.3 is 0 Å². The standard InChI is InChI=1S/C27H33N7O4S/c1-38-23-10-6-19(7-11-23)30-21-3-2-12-34(18-21)24-17-29-25(26(28)35)27(32-24)31-20-4-8-22(9-5-20)33-13-15-39(36,37)16-14-33/h4-11,17,21,30H,2-3,12-16,18H2,1H3,(H2,28,35)(H,31,32). The number of amides is 1. The summed E-state index contributed by atoms with van der Waals surface area (Å²) >= 11 is 0. The number of rotatable bonds is 8. The molecule has 0 aliphatic carbocycles. The van der Waals surface area contributed by atoms with E-state index in [0.717, 1.165) is 48.7 Å². The molecule has 1 unspecified atom stereocenters. The highest BCUT2D eigenvalue weighted by Crippen LogP contribution is 2.26. The van der Waals surface area contributed by atoms with Crippen LogP contribution in [-0.2, 0) is 9.84 Å². The van der Waals surface area contributed by atoms with Crippen LogP contribution < -0.4 is 30.9 Å². The highest BCUT2D eigenvalue weighted by Gasteiger charge is 2.24. The van der Waals surface area contributed by atoms with Crippen LogP contribution in [0.15, 0.2) is 54.7 Å². The molecule has 1 aromatic heterocycles. The lowest BCUT2D eigenvalue weighted by molar-refractivity contribution is 0.0996. The summed E-state index contributed by atoms with van der Waals surface area (Å²) in [5.41, 5.74) is 8.34. The Kier molecular flexibility index (Phi) is 7.73. The number of anilines is 5. The lowest BCUT2D eigenvalue weighted by Gasteiger charge is -2.34. The predicted octanol–water partition coefficient (Wildman–Crippen LogP) is 2.64. The lowest BCUT2D eigenvalue weighted by atomic mass is 10.1. The van der Waals surface area contributed by atoms with Gasteiger partial charge in [-0.15, -0.1) is 0 Å². The maximum Gasteiger partial charge on any atom is 0.271 e. The first-order valence-corrected chi connectivity index (χ1v) is 14.8. The van der Waals surface area contributed by atoms with Gasteiger partial charge in [0.25, 0.3) is 5.91 Å². The lowest BCUT2D eigenvalue weighted by Crippen LogP contribution is -2.42. The molecule has 1 atom stereocenters. The van der Waals surface area contributed by atoms with Crippen molar-refractivity contribution in [3.63, 3.8) is 0 Å². The van der Waals surface area contributed by atoms with Crippen LogP contribution in [0.1, 0.15) is 23.3 Å². The molecule has 2 fully saturated rings. The zero-order valence-corrected chi connectivity index (χ0v) is 22.7. The largest absolute Gasteiger partial charge is 0.497 e. The van der Waals surface area contributed by atoms with Crippen molar-refractivity contribution in [2.75, 3.05) is 65.2 Å². The van der Waals surface area contributed by atoms with Gasteiger partial charge in [0.15, 0.2) is 21.3 Å². The Balaban J connectivity index is 1.28. The minimum atomic E-state index is -2.95. The Morgan fingerprint density at radius 2 is 1.69 bits per heavy atom. The van der Waals surface area contributed by atoms with Crippen molar-refractivity contribution < 1.29 is 17.9 Å². The molecule has 1 amide bonds. The summed E-state index contributed by atoms with van der Waals surface area (Å²) in [6, 6.07) is 15.7. The van der Waals surface area contributed by atoms with E-state index in [1.54, 1.807) is 13.3 Å². The molecule has 2 saturated heterocycles. The quantitative estimate of drug-likeness (QED) is 0.382. The van der Waals surface area contributed by atoms with Crippen molar-refractivity contribution in [3.8, 4) is 5.75 Å². The Morgan fingerprint density at radius 3 is 2.36 bits per heavy atom. The first-order chi connectivity index (χ1) is 18.8. The smallest absolute Gasteiger partial charge is 0.271 e. The first kappa shape index (κ1) is 26.5. The third kappa shape index (κ3) is 6.51. The molecule has 2 aliphatic heterocycles. The van der Waals surface area contributed by atoms with Gasteiger partial charge in [-0.05, 0) is 61.4 Å². The van der Waals surface area contributed by atoms with Crippen LogP contribution in [0.5, 0.6) is 5.75 Å². The molecule has 206 valence electrons. The van der Waals surface area contributed by atoms with Gasteiger partial charge in [-0.25, -0.2) is 18.4 Å². The van der Waals surface area contributed by atoms with Crippen molar-refractivity contribution in [1.82, 2.24) is 9.97 Å². The van der Waals surface area contributed by atoms with Gasteiger partial charge in [-0.3, -0.25) is 4.79 Å². The second-order valence-electron chi connectivity index (χ2n) is 9.76. The monoisotopic (exact) mass is 551 g/mol. The molecule has 5 rings (SSSR count). The van der Waals surface area contributed by atoms with E-state index in [1.807, 2.05) is 53.4 Å². The maximum absolute atomic E-state index is 12.1. The van der Waals surface area contributed by atoms with Crippen LogP contribution in [-0.4, -0.2) is 75.1 Å². The van der Waals surface area contributed by atoms with Crippen molar-refractivity contribution in [2.24, 2.45) is 5.73 Å². The van der Waals surface area contributed by atoms with E-state index in [-0.39, 0.29) is 23.2 Å². The molecule has 39 heavy (non-hydrogen) atoms. The van der Waals surface area contributed by atoms with Gasteiger partial charge < -0.3 is 30.9 Å². The summed E-state index contributed by atoms with van der Waals surface area (Å²) in [5.74, 6) is 1.42. The fourth-order valence-corrected chi connectivity index (χ4v) is 6.09. The van der Waals surface area contributed by atoms with Gasteiger partial charge in [0, 0.05) is 49.3 Å². The van der Waals surface area contributed by atoms with Crippen LogP contribution in [0, 0.1) is 0 Å². The molecule has 12 heteroatoms. The van der Waals surface area contributed by atoms with E-state index in [1.165, 1.54) is 0 Å². The van der Waals surface area contributed by atoms with Crippen molar-refractivity contribution >= 4 is 44.4 Å². The number of nitrogens with two attached hydrogens (primary N) is 1. The zero-order valence-electron chi connectivity index (χ0n) is 21.8. The number of carbonyl (C=O) groups excluding carboxylic acids is 1. The van der Waals surface area contributed by atoms with E-state index in [4.69, 9.17) is 15.5 Å². The maximum atomic E-state index is 12.1. The van der Waals surface area contributed by atoms with Crippen LogP contribution in [0.4, 0.5) is 28.7 Å². The van der Waals surface area contributed by atoms with Crippen molar-refractivity contribution in [2.45, 2.75) is 18.9 Å². The summed E-state index contributed by atoms with van der Waals surface area (Å²) in [6.45, 7) is 2.50. The fourth-order valence-electron chi connectivity index (χ4n) is 4.89. The second kappa shape index (κ2) is 11.4. The summed E-state index contributed by atoms with van der Waals surface area (Å²) in [4.78, 5) is 25.4. The molecule has 3 heterocycles. The van der Waals surface area contributed by atoms with Crippen molar-refractivity contribution in [1.29, 1.82) is 0 Å². The number of benzene rings is 2. The number of nitrogens with one attached hydrogen (secondary N) is 2. The number of piperidine rings is 1. The first-order valence-electron chi connectivity index (χ1n) is 12.9. The van der Waals surface area contributed by atoms with Crippen LogP contribution in [0.25, 0.3) is 0 Å². The number of sulfone groups is 1. The molecule has 0 saturated carbocycles. The van der Waals surface area contributed by atoms with Gasteiger partial charge in [-0.2, -0.15) is 0 Å². The molecule has 0 bridgehead atoms. The van der Waals surface area contributed by atoms with E-state index >= 15 is 0 Å². The zero-order chi connectivity index (χ0) is 27.4. The predicted molar refractivity (Wildman–Crippen MR) is 153 cm³/mol. The van der Waals surface area contributed by atoms with Gasteiger partial charge in [-0.1, -0.05) is 0 Å². The summed E-state index contributed by atoms with van der Waals surface area (Å²) in [7, 11) is -1.30. The van der Waals surface area contributed by atoms with Crippen LogP contribution in [0.2, 0.25) is 0 Å². The number of carbonyl (C=O) groups is 1.